The van der Waals surface area contributed by atoms with Gasteiger partial charge in [-0.25, -0.2) is 4.79 Å². The van der Waals surface area contributed by atoms with E-state index in [9.17, 15) is 9.59 Å². The molecule has 1 aromatic heterocycles. The standard InChI is InChI=1S/C26H40N2O3S/c1-24(2,3)31-23(30)27-11-7-18(8-12-27)21-13-19(16-32-21)22(29)28-17-26(6)10-9-25(4,5)14-20(28)15-26/h13,16,18,20H,7-12,14-15,17H2,1-6H3. The fraction of sp³-hybridized carbons (Fsp3) is 0.769. The Labute approximate surface area is 197 Å². The van der Waals surface area contributed by atoms with Crippen LogP contribution in [-0.2, 0) is 4.74 Å². The summed E-state index contributed by atoms with van der Waals surface area (Å²) in [6.07, 6.45) is 6.35. The van der Waals surface area contributed by atoms with Crippen LogP contribution in [0.15, 0.2) is 11.4 Å². The van der Waals surface area contributed by atoms with Crippen LogP contribution in [0.5, 0.6) is 0 Å². The summed E-state index contributed by atoms with van der Waals surface area (Å²) in [5.74, 6) is 0.628. The molecule has 0 aromatic carbocycles. The Morgan fingerprint density at radius 2 is 1.78 bits per heavy atom. The molecule has 2 bridgehead atoms. The number of amides is 2. The van der Waals surface area contributed by atoms with Crippen molar-refractivity contribution in [1.29, 1.82) is 0 Å². The van der Waals surface area contributed by atoms with Crippen LogP contribution in [0.4, 0.5) is 4.79 Å². The van der Waals surface area contributed by atoms with E-state index in [0.717, 1.165) is 37.8 Å². The third kappa shape index (κ3) is 5.16. The molecule has 32 heavy (non-hydrogen) atoms. The lowest BCUT2D eigenvalue weighted by Crippen LogP contribution is -2.41. The first kappa shape index (κ1) is 23.6. The summed E-state index contributed by atoms with van der Waals surface area (Å²) in [5.41, 5.74) is 0.966. The second kappa shape index (κ2) is 8.34. The van der Waals surface area contributed by atoms with Crippen molar-refractivity contribution >= 4 is 23.3 Å². The minimum absolute atomic E-state index is 0.213. The minimum Gasteiger partial charge on any atom is -0.444 e. The molecule has 0 spiro atoms. The van der Waals surface area contributed by atoms with Gasteiger partial charge in [-0.2, -0.15) is 0 Å². The summed E-state index contributed by atoms with van der Waals surface area (Å²) in [5, 5.41) is 2.06. The fourth-order valence-electron chi connectivity index (χ4n) is 5.78. The van der Waals surface area contributed by atoms with Gasteiger partial charge in [-0.05, 0) is 82.1 Å². The molecule has 178 valence electrons. The molecular weight excluding hydrogens is 420 g/mol. The Morgan fingerprint density at radius 1 is 1.09 bits per heavy atom. The van der Waals surface area contributed by atoms with E-state index < -0.39 is 5.60 Å². The first-order valence-electron chi connectivity index (χ1n) is 12.2. The van der Waals surface area contributed by atoms with E-state index in [0.29, 0.717) is 30.5 Å². The fourth-order valence-corrected chi connectivity index (χ4v) is 6.84. The molecule has 2 saturated heterocycles. The molecule has 2 atom stereocenters. The van der Waals surface area contributed by atoms with Crippen LogP contribution in [0.3, 0.4) is 0 Å². The first-order valence-corrected chi connectivity index (χ1v) is 13.1. The van der Waals surface area contributed by atoms with Crippen LogP contribution in [0.25, 0.3) is 0 Å². The highest BCUT2D eigenvalue weighted by Crippen LogP contribution is 2.49. The molecule has 6 heteroatoms. The van der Waals surface area contributed by atoms with E-state index in [1.807, 2.05) is 25.7 Å². The average molecular weight is 461 g/mol. The molecule has 4 rings (SSSR count). The lowest BCUT2D eigenvalue weighted by Gasteiger charge is -2.35. The summed E-state index contributed by atoms with van der Waals surface area (Å²) in [7, 11) is 0. The highest BCUT2D eigenvalue weighted by Gasteiger charge is 2.47. The van der Waals surface area contributed by atoms with E-state index >= 15 is 0 Å². The van der Waals surface area contributed by atoms with Crippen molar-refractivity contribution in [2.24, 2.45) is 10.8 Å². The Bertz CT molecular complexity index is 863. The molecule has 1 aromatic rings. The van der Waals surface area contributed by atoms with Crippen molar-refractivity contribution in [1.82, 2.24) is 9.80 Å². The van der Waals surface area contributed by atoms with Gasteiger partial charge in [0.05, 0.1) is 5.56 Å². The molecule has 1 saturated carbocycles. The van der Waals surface area contributed by atoms with Crippen LogP contribution in [-0.4, -0.2) is 53.1 Å². The predicted molar refractivity (Wildman–Crippen MR) is 129 cm³/mol. The zero-order chi connectivity index (χ0) is 23.3. The first-order chi connectivity index (χ1) is 14.8. The number of carbonyl (C=O) groups excluding carboxylic acids is 2. The van der Waals surface area contributed by atoms with Gasteiger partial charge in [0.1, 0.15) is 5.60 Å². The number of hydrogen-bond acceptors (Lipinski definition) is 4. The highest BCUT2D eigenvalue weighted by atomic mass is 32.1. The Hall–Kier alpha value is -1.56. The van der Waals surface area contributed by atoms with Gasteiger partial charge in [-0.1, -0.05) is 20.8 Å². The van der Waals surface area contributed by atoms with E-state index in [4.69, 9.17) is 4.74 Å². The van der Waals surface area contributed by atoms with Crippen molar-refractivity contribution in [3.05, 3.63) is 21.9 Å². The number of likely N-dealkylation sites (tertiary alicyclic amines) is 2. The predicted octanol–water partition coefficient (Wildman–Crippen LogP) is 6.29. The van der Waals surface area contributed by atoms with Crippen LogP contribution in [0, 0.1) is 10.8 Å². The second-order valence-corrected chi connectivity index (χ2v) is 13.4. The van der Waals surface area contributed by atoms with Gasteiger partial charge < -0.3 is 14.5 Å². The zero-order valence-corrected chi connectivity index (χ0v) is 21.5. The van der Waals surface area contributed by atoms with Crippen LogP contribution < -0.4 is 0 Å². The SMILES string of the molecule is CC1(C)CCC2(C)CC(C1)N(C(=O)c1csc(C3CCN(C(=O)OC(C)(C)C)CC3)c1)C2. The largest absolute Gasteiger partial charge is 0.444 e. The van der Waals surface area contributed by atoms with Crippen molar-refractivity contribution in [2.45, 2.75) is 97.6 Å². The van der Waals surface area contributed by atoms with Crippen molar-refractivity contribution in [3.8, 4) is 0 Å². The lowest BCUT2D eigenvalue weighted by atomic mass is 9.79. The number of fused-ring (bicyclic) bond motifs is 2. The quantitative estimate of drug-likeness (QED) is 0.521. The van der Waals surface area contributed by atoms with Crippen molar-refractivity contribution in [2.75, 3.05) is 19.6 Å². The Morgan fingerprint density at radius 3 is 2.44 bits per heavy atom. The normalized spacial score (nSPS) is 28.5. The molecular formula is C26H40N2O3S. The molecule has 0 radical (unpaired) electrons. The van der Waals surface area contributed by atoms with E-state index in [2.05, 4.69) is 37.1 Å². The van der Waals surface area contributed by atoms with Gasteiger partial charge in [-0.15, -0.1) is 11.3 Å². The number of nitrogens with zero attached hydrogens (tertiary/aromatic N) is 2. The summed E-state index contributed by atoms with van der Waals surface area (Å²) in [4.78, 5) is 31.1. The van der Waals surface area contributed by atoms with E-state index in [-0.39, 0.29) is 17.4 Å². The maximum Gasteiger partial charge on any atom is 0.410 e. The third-order valence-electron chi connectivity index (χ3n) is 7.59. The van der Waals surface area contributed by atoms with E-state index in [1.165, 1.54) is 17.7 Å². The minimum atomic E-state index is -0.462. The van der Waals surface area contributed by atoms with Gasteiger partial charge in [0.25, 0.3) is 5.91 Å². The van der Waals surface area contributed by atoms with Gasteiger partial charge in [0.2, 0.25) is 0 Å². The number of piperidine rings is 1. The average Bonchev–Trinajstić information content (AvgIpc) is 3.27. The number of hydrogen-bond donors (Lipinski definition) is 0. The van der Waals surface area contributed by atoms with Crippen LogP contribution in [0.2, 0.25) is 0 Å². The zero-order valence-electron chi connectivity index (χ0n) is 20.7. The summed E-state index contributed by atoms with van der Waals surface area (Å²) in [6, 6.07) is 2.50. The summed E-state index contributed by atoms with van der Waals surface area (Å²) < 4.78 is 5.52. The number of carbonyl (C=O) groups is 2. The third-order valence-corrected chi connectivity index (χ3v) is 8.69. The van der Waals surface area contributed by atoms with Crippen LogP contribution >= 0.6 is 11.3 Å². The topological polar surface area (TPSA) is 49.9 Å². The van der Waals surface area contributed by atoms with Gasteiger partial charge in [0, 0.05) is 35.9 Å². The van der Waals surface area contributed by atoms with Crippen molar-refractivity contribution in [3.63, 3.8) is 0 Å². The molecule has 3 heterocycles. The lowest BCUT2D eigenvalue weighted by molar-refractivity contribution is 0.0205. The summed E-state index contributed by atoms with van der Waals surface area (Å²) in [6.45, 7) is 15.1. The van der Waals surface area contributed by atoms with Gasteiger partial charge in [-0.3, -0.25) is 4.79 Å². The molecule has 2 aliphatic heterocycles. The molecule has 2 amide bonds. The van der Waals surface area contributed by atoms with Gasteiger partial charge >= 0.3 is 6.09 Å². The molecule has 3 fully saturated rings. The van der Waals surface area contributed by atoms with Gasteiger partial charge in [0.15, 0.2) is 0 Å². The number of ether oxygens (including phenoxy) is 1. The Balaban J connectivity index is 1.38. The summed E-state index contributed by atoms with van der Waals surface area (Å²) >= 11 is 1.71. The molecule has 1 aliphatic carbocycles. The second-order valence-electron chi connectivity index (χ2n) is 12.4. The number of rotatable bonds is 2. The Kier molecular flexibility index (Phi) is 6.15. The molecule has 2 unspecified atom stereocenters. The van der Waals surface area contributed by atoms with Crippen molar-refractivity contribution < 1.29 is 14.3 Å². The molecule has 0 N–H and O–H groups in total. The monoisotopic (exact) mass is 460 g/mol. The maximum atomic E-state index is 13.5. The maximum absolute atomic E-state index is 13.5. The number of thiophene rings is 1. The smallest absolute Gasteiger partial charge is 0.410 e. The van der Waals surface area contributed by atoms with E-state index in [1.54, 1.807) is 11.3 Å². The highest BCUT2D eigenvalue weighted by molar-refractivity contribution is 7.10. The van der Waals surface area contributed by atoms with Crippen LogP contribution in [0.1, 0.15) is 101 Å². The molecule has 3 aliphatic rings. The molecule has 5 nitrogen and oxygen atoms in total.